The summed E-state index contributed by atoms with van der Waals surface area (Å²) < 4.78 is 40.2. The maximum absolute atomic E-state index is 13.4. The number of carbonyl (C=O) groups excluding carboxylic acids is 1. The van der Waals surface area contributed by atoms with Crippen molar-refractivity contribution in [3.8, 4) is 11.4 Å². The Labute approximate surface area is 190 Å². The molecule has 0 spiro atoms. The molecular formula is C22H20ClFN4O3S. The van der Waals surface area contributed by atoms with E-state index in [-0.39, 0.29) is 34.8 Å². The molecule has 7 nitrogen and oxygen atoms in total. The van der Waals surface area contributed by atoms with Crippen molar-refractivity contribution in [2.75, 3.05) is 18.4 Å². The van der Waals surface area contributed by atoms with Crippen molar-refractivity contribution in [1.29, 1.82) is 0 Å². The molecule has 4 rings (SSSR count). The van der Waals surface area contributed by atoms with Gasteiger partial charge in [-0.3, -0.25) is 4.79 Å². The summed E-state index contributed by atoms with van der Waals surface area (Å²) in [6, 6.07) is 12.8. The van der Waals surface area contributed by atoms with Crippen LogP contribution in [0.4, 0.5) is 10.1 Å². The zero-order valence-electron chi connectivity index (χ0n) is 16.9. The van der Waals surface area contributed by atoms with Crippen LogP contribution < -0.4 is 5.32 Å². The normalized spacial score (nSPS) is 15.4. The molecule has 0 aliphatic carbocycles. The fourth-order valence-electron chi connectivity index (χ4n) is 3.52. The highest BCUT2D eigenvalue weighted by molar-refractivity contribution is 7.89. The number of rotatable bonds is 5. The van der Waals surface area contributed by atoms with Gasteiger partial charge >= 0.3 is 0 Å². The third kappa shape index (κ3) is 4.79. The van der Waals surface area contributed by atoms with Crippen LogP contribution in [0.5, 0.6) is 0 Å². The lowest BCUT2D eigenvalue weighted by molar-refractivity contribution is -0.120. The lowest BCUT2D eigenvalue weighted by atomic mass is 9.97. The largest absolute Gasteiger partial charge is 0.323 e. The Bertz CT molecular complexity index is 1220. The van der Waals surface area contributed by atoms with Crippen molar-refractivity contribution >= 4 is 33.2 Å². The standard InChI is InChI=1S/C22H20ClFN4O3S/c23-19-12-18(6-7-20(19)24)32(30,31)28-10-8-16(9-11-28)22(29)27-17-13-25-21(26-14-17)15-4-2-1-3-5-15/h1-7,12-14,16H,8-11H2,(H,27,29). The second-order valence-corrected chi connectivity index (χ2v) is 9.75. The van der Waals surface area contributed by atoms with E-state index >= 15 is 0 Å². The molecule has 0 unspecified atom stereocenters. The molecule has 1 fully saturated rings. The number of hydrogen-bond donors (Lipinski definition) is 1. The molecule has 0 saturated carbocycles. The minimum Gasteiger partial charge on any atom is -0.323 e. The zero-order chi connectivity index (χ0) is 22.7. The monoisotopic (exact) mass is 474 g/mol. The Kier molecular flexibility index (Phi) is 6.50. The highest BCUT2D eigenvalue weighted by Crippen LogP contribution is 2.27. The van der Waals surface area contributed by atoms with E-state index in [1.54, 1.807) is 12.4 Å². The molecule has 0 radical (unpaired) electrons. The first-order valence-corrected chi connectivity index (χ1v) is 11.8. The topological polar surface area (TPSA) is 92.3 Å². The van der Waals surface area contributed by atoms with E-state index in [0.717, 1.165) is 17.7 Å². The van der Waals surface area contributed by atoms with E-state index in [1.807, 2.05) is 30.3 Å². The summed E-state index contributed by atoms with van der Waals surface area (Å²) in [5, 5.41) is 2.55. The van der Waals surface area contributed by atoms with Gasteiger partial charge in [-0.1, -0.05) is 41.9 Å². The average molecular weight is 475 g/mol. The van der Waals surface area contributed by atoms with Crippen molar-refractivity contribution in [1.82, 2.24) is 14.3 Å². The first kappa shape index (κ1) is 22.3. The van der Waals surface area contributed by atoms with Crippen LogP contribution >= 0.6 is 11.6 Å². The van der Waals surface area contributed by atoms with Gasteiger partial charge in [-0.15, -0.1) is 0 Å². The van der Waals surface area contributed by atoms with E-state index in [4.69, 9.17) is 11.6 Å². The molecule has 0 atom stereocenters. The van der Waals surface area contributed by atoms with Gasteiger partial charge in [0.15, 0.2) is 5.82 Å². The number of nitrogens with one attached hydrogen (secondary N) is 1. The molecule has 2 aromatic carbocycles. The van der Waals surface area contributed by atoms with Crippen molar-refractivity contribution < 1.29 is 17.6 Å². The van der Waals surface area contributed by atoms with Gasteiger partial charge < -0.3 is 5.32 Å². The zero-order valence-corrected chi connectivity index (χ0v) is 18.5. The first-order valence-electron chi connectivity index (χ1n) is 9.98. The lowest BCUT2D eigenvalue weighted by Gasteiger charge is -2.30. The lowest BCUT2D eigenvalue weighted by Crippen LogP contribution is -2.41. The van der Waals surface area contributed by atoms with Crippen molar-refractivity contribution in [2.24, 2.45) is 5.92 Å². The summed E-state index contributed by atoms with van der Waals surface area (Å²) >= 11 is 5.72. The Morgan fingerprint density at radius 3 is 2.34 bits per heavy atom. The molecule has 1 amide bonds. The molecule has 10 heteroatoms. The van der Waals surface area contributed by atoms with Gasteiger partial charge in [0.2, 0.25) is 15.9 Å². The number of piperidine rings is 1. The van der Waals surface area contributed by atoms with Crippen LogP contribution in [0.15, 0.2) is 65.8 Å². The third-order valence-corrected chi connectivity index (χ3v) is 7.49. The summed E-state index contributed by atoms with van der Waals surface area (Å²) in [4.78, 5) is 21.1. The number of sulfonamides is 1. The number of halogens is 2. The molecule has 2 heterocycles. The Balaban J connectivity index is 1.36. The van der Waals surface area contributed by atoms with Crippen LogP contribution in [0.2, 0.25) is 5.02 Å². The molecule has 3 aromatic rings. The van der Waals surface area contributed by atoms with Crippen molar-refractivity contribution in [3.05, 3.63) is 71.8 Å². The predicted octanol–water partition coefficient (Wildman–Crippen LogP) is 3.98. The predicted molar refractivity (Wildman–Crippen MR) is 119 cm³/mol. The van der Waals surface area contributed by atoms with E-state index < -0.39 is 15.8 Å². The number of hydrogen-bond acceptors (Lipinski definition) is 5. The molecule has 1 aromatic heterocycles. The van der Waals surface area contributed by atoms with E-state index in [1.165, 1.54) is 10.4 Å². The molecule has 32 heavy (non-hydrogen) atoms. The van der Waals surface area contributed by atoms with Gasteiger partial charge in [-0.25, -0.2) is 22.8 Å². The fraction of sp³-hybridized carbons (Fsp3) is 0.227. The van der Waals surface area contributed by atoms with Crippen LogP contribution in [-0.4, -0.2) is 41.7 Å². The van der Waals surface area contributed by atoms with Gasteiger partial charge in [0.25, 0.3) is 0 Å². The van der Waals surface area contributed by atoms with E-state index in [9.17, 15) is 17.6 Å². The molecule has 1 saturated heterocycles. The third-order valence-electron chi connectivity index (χ3n) is 5.30. The summed E-state index contributed by atoms with van der Waals surface area (Å²) in [6.45, 7) is 0.359. The Hall–Kier alpha value is -2.88. The van der Waals surface area contributed by atoms with Gasteiger partial charge in [-0.2, -0.15) is 4.31 Å². The molecule has 1 aliphatic heterocycles. The first-order chi connectivity index (χ1) is 15.3. The average Bonchev–Trinajstić information content (AvgIpc) is 2.82. The summed E-state index contributed by atoms with van der Waals surface area (Å²) in [6.07, 6.45) is 3.82. The highest BCUT2D eigenvalue weighted by atomic mass is 35.5. The summed E-state index contributed by atoms with van der Waals surface area (Å²) in [5.41, 5.74) is 1.35. The van der Waals surface area contributed by atoms with Crippen LogP contribution in [0.25, 0.3) is 11.4 Å². The van der Waals surface area contributed by atoms with E-state index in [2.05, 4.69) is 15.3 Å². The van der Waals surface area contributed by atoms with E-state index in [0.29, 0.717) is 24.4 Å². The second-order valence-electron chi connectivity index (χ2n) is 7.40. The highest BCUT2D eigenvalue weighted by Gasteiger charge is 2.32. The van der Waals surface area contributed by atoms with Gasteiger partial charge in [0.1, 0.15) is 5.82 Å². The number of anilines is 1. The van der Waals surface area contributed by atoms with Crippen molar-refractivity contribution in [2.45, 2.75) is 17.7 Å². The van der Waals surface area contributed by atoms with Crippen molar-refractivity contribution in [3.63, 3.8) is 0 Å². The minimum atomic E-state index is -3.81. The van der Waals surface area contributed by atoms with Crippen LogP contribution in [0, 0.1) is 11.7 Å². The Morgan fingerprint density at radius 2 is 1.72 bits per heavy atom. The fourth-order valence-corrected chi connectivity index (χ4v) is 5.26. The van der Waals surface area contributed by atoms with Crippen LogP contribution in [0.3, 0.4) is 0 Å². The smallest absolute Gasteiger partial charge is 0.243 e. The maximum atomic E-state index is 13.4. The number of benzene rings is 2. The Morgan fingerprint density at radius 1 is 1.06 bits per heavy atom. The number of carbonyl (C=O) groups is 1. The SMILES string of the molecule is O=C(Nc1cnc(-c2ccccc2)nc1)C1CCN(S(=O)(=O)c2ccc(F)c(Cl)c2)CC1. The minimum absolute atomic E-state index is 0.0672. The number of amides is 1. The van der Waals surface area contributed by atoms with Crippen LogP contribution in [-0.2, 0) is 14.8 Å². The maximum Gasteiger partial charge on any atom is 0.243 e. The molecule has 0 bridgehead atoms. The summed E-state index contributed by atoms with van der Waals surface area (Å²) in [5.74, 6) is -0.667. The van der Waals surface area contributed by atoms with Gasteiger partial charge in [0.05, 0.1) is 28.0 Å². The quantitative estimate of drug-likeness (QED) is 0.604. The molecule has 1 N–H and O–H groups in total. The molecule has 1 aliphatic rings. The number of nitrogens with zero attached hydrogens (tertiary/aromatic N) is 3. The summed E-state index contributed by atoms with van der Waals surface area (Å²) in [7, 11) is -3.81. The second kappa shape index (κ2) is 9.32. The van der Waals surface area contributed by atoms with Crippen LogP contribution in [0.1, 0.15) is 12.8 Å². The van der Waals surface area contributed by atoms with Gasteiger partial charge in [0, 0.05) is 24.6 Å². The number of aromatic nitrogens is 2. The molecule has 166 valence electrons. The molecular weight excluding hydrogens is 455 g/mol. The van der Waals surface area contributed by atoms with Gasteiger partial charge in [-0.05, 0) is 31.0 Å².